The molecule has 1 unspecified atom stereocenters. The molecule has 1 atom stereocenters. The van der Waals surface area contributed by atoms with Crippen molar-refractivity contribution in [2.75, 3.05) is 6.61 Å². The molecule has 0 radical (unpaired) electrons. The van der Waals surface area contributed by atoms with Crippen LogP contribution in [0.15, 0.2) is 59.1 Å². The Bertz CT molecular complexity index is 771. The third kappa shape index (κ3) is 6.37. The predicted molar refractivity (Wildman–Crippen MR) is 105 cm³/mol. The maximum Gasteiger partial charge on any atom is 0.255 e. The largest absolute Gasteiger partial charge is 0.484 e. The minimum atomic E-state index is -0.526. The number of nitrogens with two attached hydrogens (primary N) is 1. The Morgan fingerprint density at radius 3 is 2.38 bits per heavy atom. The molecule has 5 nitrogen and oxygen atoms in total. The van der Waals surface area contributed by atoms with E-state index in [2.05, 4.69) is 21.2 Å². The molecule has 0 aromatic heterocycles. The van der Waals surface area contributed by atoms with Gasteiger partial charge in [-0.05, 0) is 47.9 Å². The molecular weight excluding hydrogens is 396 g/mol. The zero-order chi connectivity index (χ0) is 18.9. The summed E-state index contributed by atoms with van der Waals surface area (Å²) in [7, 11) is 0. The predicted octanol–water partition coefficient (Wildman–Crippen LogP) is 3.59. The molecule has 6 heteroatoms. The lowest BCUT2D eigenvalue weighted by atomic mass is 10.0. The van der Waals surface area contributed by atoms with Crippen LogP contribution in [0.5, 0.6) is 5.75 Å². The summed E-state index contributed by atoms with van der Waals surface area (Å²) in [5, 5.41) is 3.00. The van der Waals surface area contributed by atoms with E-state index in [1.54, 1.807) is 30.3 Å². The second-order valence-corrected chi connectivity index (χ2v) is 6.59. The summed E-state index contributed by atoms with van der Waals surface area (Å²) in [5.74, 6) is -0.137. The third-order valence-corrected chi connectivity index (χ3v) is 4.21. The van der Waals surface area contributed by atoms with E-state index in [1.165, 1.54) is 6.08 Å². The van der Waals surface area contributed by atoms with Gasteiger partial charge >= 0.3 is 0 Å². The molecule has 2 aromatic carbocycles. The lowest BCUT2D eigenvalue weighted by molar-refractivity contribution is -0.120. The Labute approximate surface area is 161 Å². The van der Waals surface area contributed by atoms with Crippen molar-refractivity contribution >= 4 is 33.8 Å². The van der Waals surface area contributed by atoms with Gasteiger partial charge in [0.2, 0.25) is 5.91 Å². The molecule has 0 saturated heterocycles. The highest BCUT2D eigenvalue weighted by atomic mass is 79.9. The third-order valence-electron chi connectivity index (χ3n) is 3.69. The van der Waals surface area contributed by atoms with Gasteiger partial charge in [0.05, 0.1) is 6.04 Å². The minimum Gasteiger partial charge on any atom is -0.484 e. The zero-order valence-electron chi connectivity index (χ0n) is 14.4. The summed E-state index contributed by atoms with van der Waals surface area (Å²) in [6.45, 7) is 1.87. The number of hydrogen-bond acceptors (Lipinski definition) is 3. The van der Waals surface area contributed by atoms with Crippen LogP contribution in [0.1, 0.15) is 30.5 Å². The highest BCUT2D eigenvalue weighted by Gasteiger charge is 2.10. The van der Waals surface area contributed by atoms with Gasteiger partial charge in [-0.2, -0.15) is 0 Å². The van der Waals surface area contributed by atoms with E-state index in [1.807, 2.05) is 31.2 Å². The summed E-state index contributed by atoms with van der Waals surface area (Å²) < 4.78 is 6.20. The number of rotatable bonds is 8. The number of carbonyl (C=O) groups is 2. The van der Waals surface area contributed by atoms with Crippen LogP contribution < -0.4 is 15.8 Å². The van der Waals surface area contributed by atoms with Crippen LogP contribution in [-0.2, 0) is 9.59 Å². The van der Waals surface area contributed by atoms with Crippen LogP contribution >= 0.6 is 15.9 Å². The first-order valence-corrected chi connectivity index (χ1v) is 9.02. The highest BCUT2D eigenvalue weighted by Crippen LogP contribution is 2.19. The van der Waals surface area contributed by atoms with Gasteiger partial charge < -0.3 is 15.8 Å². The van der Waals surface area contributed by atoms with E-state index in [4.69, 9.17) is 10.5 Å². The number of ether oxygens (including phenoxy) is 1. The fourth-order valence-electron chi connectivity index (χ4n) is 2.34. The Kier molecular flexibility index (Phi) is 7.41. The van der Waals surface area contributed by atoms with Gasteiger partial charge in [-0.25, -0.2) is 0 Å². The Balaban J connectivity index is 1.93. The van der Waals surface area contributed by atoms with Crippen molar-refractivity contribution in [2.24, 2.45) is 5.73 Å². The molecule has 0 aliphatic heterocycles. The second kappa shape index (κ2) is 9.77. The van der Waals surface area contributed by atoms with E-state index in [9.17, 15) is 9.59 Å². The van der Waals surface area contributed by atoms with E-state index in [0.717, 1.165) is 22.0 Å². The lowest BCUT2D eigenvalue weighted by Gasteiger charge is -2.16. The van der Waals surface area contributed by atoms with Gasteiger partial charge in [0.25, 0.3) is 5.91 Å². The Hall–Kier alpha value is -2.60. The van der Waals surface area contributed by atoms with Gasteiger partial charge in [-0.3, -0.25) is 9.59 Å². The van der Waals surface area contributed by atoms with E-state index >= 15 is 0 Å². The lowest BCUT2D eigenvalue weighted by Crippen LogP contribution is -2.26. The molecule has 0 fully saturated rings. The molecule has 0 saturated carbocycles. The molecule has 0 spiro atoms. The number of primary amides is 1. The molecule has 0 aliphatic carbocycles. The molecule has 0 aliphatic rings. The first-order valence-electron chi connectivity index (χ1n) is 8.23. The van der Waals surface area contributed by atoms with Crippen LogP contribution in [-0.4, -0.2) is 18.4 Å². The molecule has 0 bridgehead atoms. The van der Waals surface area contributed by atoms with Gasteiger partial charge in [0, 0.05) is 10.5 Å². The maximum absolute atomic E-state index is 12.2. The molecule has 2 rings (SSSR count). The fraction of sp³-hybridized carbons (Fsp3) is 0.200. The van der Waals surface area contributed by atoms with Crippen molar-refractivity contribution in [3.8, 4) is 5.75 Å². The van der Waals surface area contributed by atoms with Crippen LogP contribution in [0.25, 0.3) is 6.08 Å². The average molecular weight is 417 g/mol. The number of carbonyl (C=O) groups excluding carboxylic acids is 2. The van der Waals surface area contributed by atoms with Gasteiger partial charge in [0.1, 0.15) is 5.75 Å². The molecule has 136 valence electrons. The number of halogens is 1. The van der Waals surface area contributed by atoms with Crippen LogP contribution in [0.4, 0.5) is 0 Å². The molecular formula is C20H21BrN2O3. The standard InChI is InChI=1S/C20H21BrN2O3/c1-2-18(15-6-8-16(21)9-7-15)23-20(25)12-5-14-3-10-17(11-4-14)26-13-19(22)24/h3-12,18H,2,13H2,1H3,(H2,22,24)(H,23,25)/b12-5+. The summed E-state index contributed by atoms with van der Waals surface area (Å²) in [4.78, 5) is 22.9. The van der Waals surface area contributed by atoms with Crippen molar-refractivity contribution in [3.63, 3.8) is 0 Å². The molecule has 26 heavy (non-hydrogen) atoms. The van der Waals surface area contributed by atoms with Gasteiger partial charge in [-0.1, -0.05) is 47.1 Å². The molecule has 2 aromatic rings. The second-order valence-electron chi connectivity index (χ2n) is 5.68. The average Bonchev–Trinajstić information content (AvgIpc) is 2.64. The zero-order valence-corrected chi connectivity index (χ0v) is 16.0. The first kappa shape index (κ1) is 19.7. The SMILES string of the molecule is CCC(NC(=O)/C=C/c1ccc(OCC(N)=O)cc1)c1ccc(Br)cc1. The van der Waals surface area contributed by atoms with Gasteiger partial charge in [0.15, 0.2) is 6.61 Å². The molecule has 2 amide bonds. The van der Waals surface area contributed by atoms with Crippen molar-refractivity contribution in [3.05, 3.63) is 70.2 Å². The van der Waals surface area contributed by atoms with E-state index in [0.29, 0.717) is 5.75 Å². The van der Waals surface area contributed by atoms with E-state index in [-0.39, 0.29) is 18.6 Å². The number of hydrogen-bond donors (Lipinski definition) is 2. The van der Waals surface area contributed by atoms with Crippen LogP contribution in [0.2, 0.25) is 0 Å². The topological polar surface area (TPSA) is 81.4 Å². The monoisotopic (exact) mass is 416 g/mol. The van der Waals surface area contributed by atoms with Crippen molar-refractivity contribution in [2.45, 2.75) is 19.4 Å². The number of benzene rings is 2. The summed E-state index contributed by atoms with van der Waals surface area (Å²) >= 11 is 3.41. The molecule has 0 heterocycles. The smallest absolute Gasteiger partial charge is 0.255 e. The molecule has 3 N–H and O–H groups in total. The van der Waals surface area contributed by atoms with Gasteiger partial charge in [-0.15, -0.1) is 0 Å². The number of amides is 2. The summed E-state index contributed by atoms with van der Waals surface area (Å²) in [5.41, 5.74) is 6.94. The summed E-state index contributed by atoms with van der Waals surface area (Å²) in [6, 6.07) is 14.9. The van der Waals surface area contributed by atoms with E-state index < -0.39 is 5.91 Å². The fourth-order valence-corrected chi connectivity index (χ4v) is 2.60. The number of nitrogens with one attached hydrogen (secondary N) is 1. The minimum absolute atomic E-state index is 0.0372. The van der Waals surface area contributed by atoms with Crippen molar-refractivity contribution in [1.29, 1.82) is 0 Å². The Morgan fingerprint density at radius 1 is 1.15 bits per heavy atom. The Morgan fingerprint density at radius 2 is 1.81 bits per heavy atom. The van der Waals surface area contributed by atoms with Crippen molar-refractivity contribution in [1.82, 2.24) is 5.32 Å². The normalized spacial score (nSPS) is 11.9. The van der Waals surface area contributed by atoms with Crippen LogP contribution in [0.3, 0.4) is 0 Å². The summed E-state index contributed by atoms with van der Waals surface area (Å²) in [6.07, 6.45) is 4.02. The quantitative estimate of drug-likeness (QED) is 0.644. The van der Waals surface area contributed by atoms with Crippen LogP contribution in [0, 0.1) is 0 Å². The van der Waals surface area contributed by atoms with Crippen molar-refractivity contribution < 1.29 is 14.3 Å². The maximum atomic E-state index is 12.2. The highest BCUT2D eigenvalue weighted by molar-refractivity contribution is 9.10. The first-order chi connectivity index (χ1) is 12.5.